The lowest BCUT2D eigenvalue weighted by Gasteiger charge is -2.24. The highest BCUT2D eigenvalue weighted by atomic mass is 16.6. The second kappa shape index (κ2) is 11.9. The molecule has 2 rings (SSSR count). The van der Waals surface area contributed by atoms with Gasteiger partial charge in [0.25, 0.3) is 0 Å². The number of allylic oxidation sites excluding steroid dienone is 2. The van der Waals surface area contributed by atoms with Crippen molar-refractivity contribution in [2.24, 2.45) is 0 Å². The molecule has 0 spiro atoms. The Bertz CT molecular complexity index is 563. The van der Waals surface area contributed by atoms with Gasteiger partial charge >= 0.3 is 0 Å². The van der Waals surface area contributed by atoms with E-state index in [9.17, 15) is 5.11 Å². The molecular formula is C22H34N2O2. The van der Waals surface area contributed by atoms with Crippen LogP contribution in [0, 0.1) is 0 Å². The molecule has 0 aliphatic heterocycles. The lowest BCUT2D eigenvalue weighted by Crippen LogP contribution is -2.37. The zero-order valence-corrected chi connectivity index (χ0v) is 16.3. The van der Waals surface area contributed by atoms with Crippen LogP contribution in [-0.4, -0.2) is 42.4 Å². The van der Waals surface area contributed by atoms with Crippen LogP contribution < -0.4 is 5.48 Å². The van der Waals surface area contributed by atoms with Crippen LogP contribution in [0.1, 0.15) is 51.5 Å². The van der Waals surface area contributed by atoms with Crippen LogP contribution in [0.3, 0.4) is 0 Å². The summed E-state index contributed by atoms with van der Waals surface area (Å²) in [5.41, 5.74) is 6.57. The van der Waals surface area contributed by atoms with E-state index in [1.165, 1.54) is 11.1 Å². The molecule has 1 aromatic carbocycles. The van der Waals surface area contributed by atoms with Gasteiger partial charge in [-0.15, -0.1) is 0 Å². The Morgan fingerprint density at radius 2 is 1.92 bits per heavy atom. The third-order valence-corrected chi connectivity index (χ3v) is 4.49. The molecule has 1 aliphatic carbocycles. The minimum atomic E-state index is -0.480. The maximum Gasteiger partial charge on any atom is 0.102 e. The van der Waals surface area contributed by atoms with Crippen molar-refractivity contribution in [1.29, 1.82) is 0 Å². The van der Waals surface area contributed by atoms with E-state index >= 15 is 0 Å². The first-order valence-corrected chi connectivity index (χ1v) is 9.97. The van der Waals surface area contributed by atoms with Crippen molar-refractivity contribution in [3.05, 3.63) is 53.2 Å². The average Bonchev–Trinajstić information content (AvgIpc) is 2.64. The monoisotopic (exact) mass is 358 g/mol. The van der Waals surface area contributed by atoms with Crippen molar-refractivity contribution >= 4 is 6.08 Å². The maximum absolute atomic E-state index is 10.3. The second-order valence-electron chi connectivity index (χ2n) is 6.96. The summed E-state index contributed by atoms with van der Waals surface area (Å²) in [4.78, 5) is 7.92. The fourth-order valence-electron chi connectivity index (χ4n) is 3.31. The fourth-order valence-corrected chi connectivity index (χ4v) is 3.31. The molecule has 0 radical (unpaired) electrons. The van der Waals surface area contributed by atoms with Gasteiger partial charge in [-0.25, -0.2) is 0 Å². The number of hydrogen-bond donors (Lipinski definition) is 2. The third kappa shape index (κ3) is 7.32. The van der Waals surface area contributed by atoms with Gasteiger partial charge in [-0.2, -0.15) is 0 Å². The Morgan fingerprint density at radius 3 is 2.62 bits per heavy atom. The Balaban J connectivity index is 1.83. The largest absolute Gasteiger partial charge is 0.389 e. The Labute approximate surface area is 158 Å². The van der Waals surface area contributed by atoms with Crippen molar-refractivity contribution in [3.63, 3.8) is 0 Å². The molecule has 0 saturated carbocycles. The van der Waals surface area contributed by atoms with E-state index in [2.05, 4.69) is 60.6 Å². The van der Waals surface area contributed by atoms with Gasteiger partial charge in [0.2, 0.25) is 0 Å². The van der Waals surface area contributed by atoms with Crippen LogP contribution in [0.4, 0.5) is 0 Å². The van der Waals surface area contributed by atoms with Gasteiger partial charge in [-0.1, -0.05) is 50.3 Å². The first-order valence-electron chi connectivity index (χ1n) is 9.97. The first kappa shape index (κ1) is 20.7. The lowest BCUT2D eigenvalue weighted by molar-refractivity contribution is -0.0180. The van der Waals surface area contributed by atoms with Gasteiger partial charge in [0.15, 0.2) is 0 Å². The van der Waals surface area contributed by atoms with Crippen molar-refractivity contribution in [3.8, 4) is 0 Å². The van der Waals surface area contributed by atoms with E-state index < -0.39 is 6.10 Å². The van der Waals surface area contributed by atoms with E-state index in [1.54, 1.807) is 0 Å². The van der Waals surface area contributed by atoms with Gasteiger partial charge in [-0.3, -0.25) is 10.3 Å². The molecular weight excluding hydrogens is 324 g/mol. The number of hydrogen-bond acceptors (Lipinski definition) is 4. The second-order valence-corrected chi connectivity index (χ2v) is 6.96. The van der Waals surface area contributed by atoms with Crippen LogP contribution in [0.25, 0.3) is 6.08 Å². The summed E-state index contributed by atoms with van der Waals surface area (Å²) in [7, 11) is 0. The number of nitrogens with one attached hydrogen (secondary N) is 1. The standard InChI is InChI=1S/C22H34N2O2/c1-3-14-24(15-4-2)17-21(25)18-26-23-22-13-9-8-12-20(22)16-19-10-6-5-7-11-19/h5-7,10-11,13,16,21,23,25H,3-4,8-9,12,14-15,17-18H2,1-2H3/t21-/m0/s1. The molecule has 0 fully saturated rings. The molecule has 0 amide bonds. The summed E-state index contributed by atoms with van der Waals surface area (Å²) in [6.07, 6.45) is 9.38. The lowest BCUT2D eigenvalue weighted by atomic mass is 9.97. The summed E-state index contributed by atoms with van der Waals surface area (Å²) in [6.45, 7) is 7.34. The van der Waals surface area contributed by atoms with E-state index in [4.69, 9.17) is 4.84 Å². The number of nitrogens with zero attached hydrogens (tertiary/aromatic N) is 1. The highest BCUT2D eigenvalue weighted by molar-refractivity contribution is 5.58. The van der Waals surface area contributed by atoms with Crippen molar-refractivity contribution < 1.29 is 9.94 Å². The highest BCUT2D eigenvalue weighted by Crippen LogP contribution is 2.24. The Kier molecular flexibility index (Phi) is 9.46. The molecule has 0 saturated heterocycles. The van der Waals surface area contributed by atoms with Crippen molar-refractivity contribution in [2.45, 2.75) is 52.1 Å². The van der Waals surface area contributed by atoms with Crippen LogP contribution in [0.5, 0.6) is 0 Å². The molecule has 1 atom stereocenters. The van der Waals surface area contributed by atoms with Crippen molar-refractivity contribution in [1.82, 2.24) is 10.4 Å². The minimum Gasteiger partial charge on any atom is -0.389 e. The summed E-state index contributed by atoms with van der Waals surface area (Å²) >= 11 is 0. The summed E-state index contributed by atoms with van der Waals surface area (Å²) < 4.78 is 0. The van der Waals surface area contributed by atoms with E-state index in [0.717, 1.165) is 50.9 Å². The van der Waals surface area contributed by atoms with Gasteiger partial charge in [-0.05, 0) is 62.4 Å². The quantitative estimate of drug-likeness (QED) is 0.584. The van der Waals surface area contributed by atoms with Crippen molar-refractivity contribution in [2.75, 3.05) is 26.2 Å². The number of benzene rings is 1. The molecule has 4 nitrogen and oxygen atoms in total. The number of hydroxylamine groups is 1. The average molecular weight is 359 g/mol. The minimum absolute atomic E-state index is 0.292. The smallest absolute Gasteiger partial charge is 0.102 e. The maximum atomic E-state index is 10.3. The molecule has 0 aromatic heterocycles. The van der Waals surface area contributed by atoms with E-state index in [1.807, 2.05) is 6.07 Å². The van der Waals surface area contributed by atoms with Crippen LogP contribution in [0.2, 0.25) is 0 Å². The first-order chi connectivity index (χ1) is 12.7. The van der Waals surface area contributed by atoms with E-state index in [0.29, 0.717) is 13.2 Å². The molecule has 1 aromatic rings. The molecule has 26 heavy (non-hydrogen) atoms. The summed E-state index contributed by atoms with van der Waals surface area (Å²) in [5.74, 6) is 0. The molecule has 0 bridgehead atoms. The van der Waals surface area contributed by atoms with Gasteiger partial charge < -0.3 is 10.0 Å². The molecule has 144 valence electrons. The highest BCUT2D eigenvalue weighted by Gasteiger charge is 2.13. The molecule has 1 aliphatic rings. The van der Waals surface area contributed by atoms with E-state index in [-0.39, 0.29) is 0 Å². The van der Waals surface area contributed by atoms with Crippen LogP contribution in [0.15, 0.2) is 47.7 Å². The van der Waals surface area contributed by atoms with Crippen LogP contribution >= 0.6 is 0 Å². The van der Waals surface area contributed by atoms with Gasteiger partial charge in [0.1, 0.15) is 6.61 Å². The van der Waals surface area contributed by atoms with Gasteiger partial charge in [0.05, 0.1) is 11.8 Å². The van der Waals surface area contributed by atoms with Gasteiger partial charge in [0, 0.05) is 6.54 Å². The number of rotatable bonds is 11. The topological polar surface area (TPSA) is 44.7 Å². The predicted molar refractivity (Wildman–Crippen MR) is 108 cm³/mol. The SMILES string of the molecule is CCCN(CCC)C[C@H](O)CONC1=CCCCC1=Cc1ccccc1. The Morgan fingerprint density at radius 1 is 1.19 bits per heavy atom. The third-order valence-electron chi connectivity index (χ3n) is 4.49. The fraction of sp³-hybridized carbons (Fsp3) is 0.545. The predicted octanol–water partition coefficient (Wildman–Crippen LogP) is 4.14. The Hall–Kier alpha value is -1.62. The zero-order valence-electron chi connectivity index (χ0n) is 16.3. The normalized spacial score (nSPS) is 17.4. The molecule has 4 heteroatoms. The molecule has 0 heterocycles. The summed E-state index contributed by atoms with van der Waals surface area (Å²) in [5, 5.41) is 10.3. The zero-order chi connectivity index (χ0) is 18.6. The number of aliphatic hydroxyl groups is 1. The van der Waals surface area contributed by atoms with Crippen LogP contribution in [-0.2, 0) is 4.84 Å². The molecule has 2 N–H and O–H groups in total. The molecule has 0 unspecified atom stereocenters. The number of aliphatic hydroxyl groups excluding tert-OH is 1. The summed E-state index contributed by atoms with van der Waals surface area (Å²) in [6, 6.07) is 10.4.